The number of amides is 2. The molecule has 0 spiro atoms. The van der Waals surface area contributed by atoms with Crippen LogP contribution in [0.4, 0.5) is 0 Å². The number of nitrogens with zero attached hydrogens (tertiary/aromatic N) is 3. The van der Waals surface area contributed by atoms with Crippen LogP contribution in [0.15, 0.2) is 17.1 Å². The highest BCUT2D eigenvalue weighted by Crippen LogP contribution is 2.11. The zero-order valence-corrected chi connectivity index (χ0v) is 21.9. The van der Waals surface area contributed by atoms with Crippen LogP contribution in [0.25, 0.3) is 0 Å². The fourth-order valence-corrected chi connectivity index (χ4v) is 3.85. The summed E-state index contributed by atoms with van der Waals surface area (Å²) >= 11 is 0. The molecular formula is C23H42IN5O2. The number of rotatable bonds is 10. The molecule has 2 aliphatic rings. The molecule has 1 aliphatic carbocycles. The van der Waals surface area contributed by atoms with Gasteiger partial charge >= 0.3 is 0 Å². The van der Waals surface area contributed by atoms with Crippen LogP contribution in [-0.4, -0.2) is 72.9 Å². The van der Waals surface area contributed by atoms with Gasteiger partial charge in [-0.2, -0.15) is 0 Å². The van der Waals surface area contributed by atoms with Gasteiger partial charge in [0.15, 0.2) is 5.96 Å². The predicted octanol–water partition coefficient (Wildman–Crippen LogP) is 3.16. The monoisotopic (exact) mass is 547 g/mol. The normalized spacial score (nSPS) is 17.1. The van der Waals surface area contributed by atoms with Gasteiger partial charge in [0.25, 0.3) is 0 Å². The van der Waals surface area contributed by atoms with Crippen LogP contribution in [0.3, 0.4) is 0 Å². The Morgan fingerprint density at radius 1 is 1.00 bits per heavy atom. The highest BCUT2D eigenvalue weighted by Gasteiger charge is 2.23. The second-order valence-corrected chi connectivity index (χ2v) is 8.71. The third-order valence-corrected chi connectivity index (χ3v) is 5.58. The lowest BCUT2D eigenvalue weighted by Crippen LogP contribution is -2.50. The molecule has 1 saturated heterocycles. The number of unbranched alkanes of at least 4 members (excludes halogenated alkanes) is 2. The van der Waals surface area contributed by atoms with Crippen molar-refractivity contribution < 1.29 is 9.59 Å². The lowest BCUT2D eigenvalue weighted by atomic mass is 10.1. The van der Waals surface area contributed by atoms with E-state index < -0.39 is 0 Å². The topological polar surface area (TPSA) is 77.0 Å². The standard InChI is InChI=1S/C23H41N5O2.HI/c1-4-24-23(26-20-10-7-8-11-20)25-13-9-5-6-12-21(29)27-14-16-28(17-15-27)22(30)18-19(2)3;/h7-8,19-20H,4-6,9-18H2,1-3H3,(H2,24,25,26);1H. The SMILES string of the molecule is CCNC(=NCCCCCC(=O)N1CCN(C(=O)CC(C)C)CC1)NC1CC=CC1.I. The zero-order valence-electron chi connectivity index (χ0n) is 19.6. The van der Waals surface area contributed by atoms with E-state index in [1.165, 1.54) is 0 Å². The van der Waals surface area contributed by atoms with Gasteiger partial charge in [0.2, 0.25) is 11.8 Å². The lowest BCUT2D eigenvalue weighted by molar-refractivity contribution is -0.140. The molecule has 1 aliphatic heterocycles. The zero-order chi connectivity index (χ0) is 21.8. The van der Waals surface area contributed by atoms with E-state index in [1.54, 1.807) is 0 Å². The minimum absolute atomic E-state index is 0. The molecule has 0 aromatic rings. The van der Waals surface area contributed by atoms with Crippen LogP contribution in [0, 0.1) is 5.92 Å². The Bertz CT molecular complexity index is 593. The largest absolute Gasteiger partial charge is 0.357 e. The number of hydrogen-bond acceptors (Lipinski definition) is 3. The molecule has 2 N–H and O–H groups in total. The third-order valence-electron chi connectivity index (χ3n) is 5.58. The fourth-order valence-electron chi connectivity index (χ4n) is 3.85. The van der Waals surface area contributed by atoms with Crippen molar-refractivity contribution in [3.63, 3.8) is 0 Å². The Hall–Kier alpha value is -1.32. The van der Waals surface area contributed by atoms with Crippen molar-refractivity contribution in [3.8, 4) is 0 Å². The lowest BCUT2D eigenvalue weighted by Gasteiger charge is -2.35. The molecule has 0 saturated carbocycles. The van der Waals surface area contributed by atoms with E-state index in [4.69, 9.17) is 0 Å². The Morgan fingerprint density at radius 2 is 1.61 bits per heavy atom. The van der Waals surface area contributed by atoms with Gasteiger partial charge in [-0.25, -0.2) is 0 Å². The molecule has 0 atom stereocenters. The van der Waals surface area contributed by atoms with E-state index in [-0.39, 0.29) is 35.8 Å². The number of guanidine groups is 1. The molecule has 0 aromatic heterocycles. The van der Waals surface area contributed by atoms with Gasteiger partial charge in [0.05, 0.1) is 0 Å². The first-order chi connectivity index (χ1) is 14.5. The van der Waals surface area contributed by atoms with E-state index in [0.717, 1.165) is 51.2 Å². The number of halogens is 1. The Morgan fingerprint density at radius 3 is 2.19 bits per heavy atom. The summed E-state index contributed by atoms with van der Waals surface area (Å²) in [5.74, 6) is 1.71. The summed E-state index contributed by atoms with van der Waals surface area (Å²) < 4.78 is 0. The van der Waals surface area contributed by atoms with Gasteiger partial charge in [0.1, 0.15) is 0 Å². The molecule has 0 unspecified atom stereocenters. The maximum atomic E-state index is 12.4. The van der Waals surface area contributed by atoms with Crippen LogP contribution >= 0.6 is 24.0 Å². The number of carbonyl (C=O) groups excluding carboxylic acids is 2. The van der Waals surface area contributed by atoms with E-state index in [1.807, 2.05) is 9.80 Å². The first-order valence-electron chi connectivity index (χ1n) is 11.7. The molecule has 0 aromatic carbocycles. The van der Waals surface area contributed by atoms with Crippen LogP contribution in [0.5, 0.6) is 0 Å². The van der Waals surface area contributed by atoms with Crippen molar-refractivity contribution in [2.45, 2.75) is 71.8 Å². The molecule has 2 rings (SSSR count). The molecular weight excluding hydrogens is 505 g/mol. The fraction of sp³-hybridized carbons (Fsp3) is 0.783. The second kappa shape index (κ2) is 15.5. The number of aliphatic imine (C=N–C) groups is 1. The van der Waals surface area contributed by atoms with Crippen molar-refractivity contribution in [2.24, 2.45) is 10.9 Å². The number of carbonyl (C=O) groups is 2. The smallest absolute Gasteiger partial charge is 0.222 e. The predicted molar refractivity (Wildman–Crippen MR) is 138 cm³/mol. The molecule has 1 heterocycles. The van der Waals surface area contributed by atoms with Gasteiger partial charge in [-0.05, 0) is 38.5 Å². The van der Waals surface area contributed by atoms with Crippen molar-refractivity contribution in [1.82, 2.24) is 20.4 Å². The minimum atomic E-state index is 0. The van der Waals surface area contributed by atoms with Crippen LogP contribution in [0.1, 0.15) is 65.7 Å². The average Bonchev–Trinajstić information content (AvgIpc) is 3.23. The Balaban J connectivity index is 0.00000480. The van der Waals surface area contributed by atoms with E-state index >= 15 is 0 Å². The first kappa shape index (κ1) is 27.7. The quantitative estimate of drug-likeness (QED) is 0.145. The Labute approximate surface area is 205 Å². The highest BCUT2D eigenvalue weighted by molar-refractivity contribution is 14.0. The van der Waals surface area contributed by atoms with E-state index in [2.05, 4.69) is 48.5 Å². The Kier molecular flexibility index (Phi) is 13.8. The van der Waals surface area contributed by atoms with Gasteiger partial charge in [-0.3, -0.25) is 14.6 Å². The van der Waals surface area contributed by atoms with Crippen LogP contribution < -0.4 is 10.6 Å². The molecule has 1 fully saturated rings. The number of nitrogens with one attached hydrogen (secondary N) is 2. The number of hydrogen-bond donors (Lipinski definition) is 2. The first-order valence-corrected chi connectivity index (χ1v) is 11.7. The summed E-state index contributed by atoms with van der Waals surface area (Å²) in [6, 6.07) is 0.460. The molecule has 0 bridgehead atoms. The van der Waals surface area contributed by atoms with E-state index in [0.29, 0.717) is 51.0 Å². The maximum Gasteiger partial charge on any atom is 0.222 e. The molecule has 7 nitrogen and oxygen atoms in total. The van der Waals surface area contributed by atoms with Crippen molar-refractivity contribution in [2.75, 3.05) is 39.3 Å². The van der Waals surface area contributed by atoms with Gasteiger partial charge in [-0.15, -0.1) is 24.0 Å². The van der Waals surface area contributed by atoms with Crippen molar-refractivity contribution in [3.05, 3.63) is 12.2 Å². The summed E-state index contributed by atoms with van der Waals surface area (Å²) in [6.45, 7) is 10.5. The van der Waals surface area contributed by atoms with Gasteiger partial charge in [0, 0.05) is 58.2 Å². The molecule has 8 heteroatoms. The summed E-state index contributed by atoms with van der Waals surface area (Å²) in [7, 11) is 0. The summed E-state index contributed by atoms with van der Waals surface area (Å²) in [4.78, 5) is 33.1. The molecule has 0 radical (unpaired) electrons. The summed E-state index contributed by atoms with van der Waals surface area (Å²) in [6.07, 6.45) is 10.6. The molecule has 2 amide bonds. The van der Waals surface area contributed by atoms with Gasteiger partial charge in [-0.1, -0.05) is 32.4 Å². The summed E-state index contributed by atoms with van der Waals surface area (Å²) in [5.41, 5.74) is 0. The van der Waals surface area contributed by atoms with Crippen LogP contribution in [-0.2, 0) is 9.59 Å². The maximum absolute atomic E-state index is 12.4. The molecule has 178 valence electrons. The van der Waals surface area contributed by atoms with Crippen molar-refractivity contribution in [1.29, 1.82) is 0 Å². The third kappa shape index (κ3) is 10.7. The van der Waals surface area contributed by atoms with Crippen molar-refractivity contribution >= 4 is 41.8 Å². The molecule has 31 heavy (non-hydrogen) atoms. The summed E-state index contributed by atoms with van der Waals surface area (Å²) in [5, 5.41) is 6.78. The second-order valence-electron chi connectivity index (χ2n) is 8.71. The average molecular weight is 548 g/mol. The minimum Gasteiger partial charge on any atom is -0.357 e. The highest BCUT2D eigenvalue weighted by atomic mass is 127. The van der Waals surface area contributed by atoms with Crippen LogP contribution in [0.2, 0.25) is 0 Å². The van der Waals surface area contributed by atoms with Gasteiger partial charge < -0.3 is 20.4 Å². The van der Waals surface area contributed by atoms with E-state index in [9.17, 15) is 9.59 Å². The number of piperazine rings is 1.